The largest absolute Gasteiger partial charge is 0.497 e. The van der Waals surface area contributed by atoms with E-state index in [0.29, 0.717) is 30.9 Å². The molecule has 1 aromatic carbocycles. The smallest absolute Gasteiger partial charge is 0.314 e. The molecular formula is C16H23N3O4. The van der Waals surface area contributed by atoms with Crippen LogP contribution in [0.4, 0.5) is 4.79 Å². The Bertz CT molecular complexity index is 530. The zero-order valence-corrected chi connectivity index (χ0v) is 13.3. The Morgan fingerprint density at radius 3 is 2.83 bits per heavy atom. The van der Waals surface area contributed by atoms with E-state index in [4.69, 9.17) is 9.47 Å². The Balaban J connectivity index is 1.60. The van der Waals surface area contributed by atoms with Gasteiger partial charge in [-0.05, 0) is 31.0 Å². The number of nitrogens with one attached hydrogen (secondary N) is 3. The average Bonchev–Trinajstić information content (AvgIpc) is 3.10. The minimum atomic E-state index is -0.254. The summed E-state index contributed by atoms with van der Waals surface area (Å²) in [5.74, 6) is 0.426. The van der Waals surface area contributed by atoms with Crippen molar-refractivity contribution in [3.8, 4) is 5.75 Å². The summed E-state index contributed by atoms with van der Waals surface area (Å²) in [6.07, 6.45) is 2.15. The summed E-state index contributed by atoms with van der Waals surface area (Å²) in [4.78, 5) is 23.5. The van der Waals surface area contributed by atoms with E-state index < -0.39 is 0 Å². The molecule has 1 fully saturated rings. The number of benzene rings is 1. The van der Waals surface area contributed by atoms with E-state index in [2.05, 4.69) is 16.0 Å². The Labute approximate surface area is 135 Å². The normalized spacial score (nSPS) is 16.7. The van der Waals surface area contributed by atoms with E-state index in [1.54, 1.807) is 31.4 Å². The number of hydrogen-bond acceptors (Lipinski definition) is 4. The lowest BCUT2D eigenvalue weighted by molar-refractivity contribution is 0.0953. The second-order valence-corrected chi connectivity index (χ2v) is 5.26. The summed E-state index contributed by atoms with van der Waals surface area (Å²) < 4.78 is 10.5. The minimum Gasteiger partial charge on any atom is -0.497 e. The SMILES string of the molecule is COc1cccc(C(=O)NCCNC(=O)NC[C@@H]2CCCO2)c1. The Morgan fingerprint density at radius 2 is 2.09 bits per heavy atom. The van der Waals surface area contributed by atoms with Crippen LogP contribution in [0.2, 0.25) is 0 Å². The number of carbonyl (C=O) groups excluding carboxylic acids is 2. The molecule has 0 spiro atoms. The van der Waals surface area contributed by atoms with Crippen LogP contribution in [0.15, 0.2) is 24.3 Å². The number of rotatable bonds is 7. The number of ether oxygens (including phenoxy) is 2. The van der Waals surface area contributed by atoms with Gasteiger partial charge in [0.2, 0.25) is 0 Å². The van der Waals surface area contributed by atoms with Crippen molar-refractivity contribution in [2.45, 2.75) is 18.9 Å². The first-order valence-corrected chi connectivity index (χ1v) is 7.74. The van der Waals surface area contributed by atoms with Crippen LogP contribution in [0, 0.1) is 0 Å². The Kier molecular flexibility index (Phi) is 6.68. The first kappa shape index (κ1) is 17.1. The third kappa shape index (κ3) is 5.78. The van der Waals surface area contributed by atoms with Crippen LogP contribution in [0.5, 0.6) is 5.75 Å². The third-order valence-corrected chi connectivity index (χ3v) is 3.54. The highest BCUT2D eigenvalue weighted by molar-refractivity contribution is 5.94. The van der Waals surface area contributed by atoms with Gasteiger partial charge in [0.05, 0.1) is 13.2 Å². The van der Waals surface area contributed by atoms with E-state index in [0.717, 1.165) is 19.4 Å². The van der Waals surface area contributed by atoms with Gasteiger partial charge in [-0.1, -0.05) is 6.07 Å². The zero-order valence-electron chi connectivity index (χ0n) is 13.3. The molecular weight excluding hydrogens is 298 g/mol. The van der Waals surface area contributed by atoms with Crippen LogP contribution in [0.25, 0.3) is 0 Å². The lowest BCUT2D eigenvalue weighted by atomic mass is 10.2. The van der Waals surface area contributed by atoms with E-state index in [1.165, 1.54) is 0 Å². The molecule has 1 aliphatic rings. The maximum atomic E-state index is 11.9. The number of hydrogen-bond donors (Lipinski definition) is 3. The van der Waals surface area contributed by atoms with Gasteiger partial charge in [-0.3, -0.25) is 4.79 Å². The highest BCUT2D eigenvalue weighted by Crippen LogP contribution is 2.12. The lowest BCUT2D eigenvalue weighted by Crippen LogP contribution is -2.42. The molecule has 0 bridgehead atoms. The highest BCUT2D eigenvalue weighted by atomic mass is 16.5. The number of methoxy groups -OCH3 is 1. The van der Waals surface area contributed by atoms with Crippen LogP contribution in [-0.4, -0.2) is 51.4 Å². The topological polar surface area (TPSA) is 88.7 Å². The second-order valence-electron chi connectivity index (χ2n) is 5.26. The molecule has 7 nitrogen and oxygen atoms in total. The van der Waals surface area contributed by atoms with Crippen LogP contribution >= 0.6 is 0 Å². The van der Waals surface area contributed by atoms with E-state index in [9.17, 15) is 9.59 Å². The fourth-order valence-corrected chi connectivity index (χ4v) is 2.29. The summed E-state index contributed by atoms with van der Waals surface area (Å²) in [7, 11) is 1.55. The predicted molar refractivity (Wildman–Crippen MR) is 85.7 cm³/mol. The van der Waals surface area contributed by atoms with Crippen LogP contribution in [0.1, 0.15) is 23.2 Å². The van der Waals surface area contributed by atoms with E-state index >= 15 is 0 Å². The second kappa shape index (κ2) is 8.99. The van der Waals surface area contributed by atoms with Gasteiger partial charge < -0.3 is 25.4 Å². The molecule has 0 radical (unpaired) electrons. The molecule has 1 aromatic rings. The molecule has 7 heteroatoms. The fourth-order valence-electron chi connectivity index (χ4n) is 2.29. The first-order valence-electron chi connectivity index (χ1n) is 7.74. The molecule has 0 aliphatic carbocycles. The van der Waals surface area contributed by atoms with Crippen molar-refractivity contribution in [1.29, 1.82) is 0 Å². The molecule has 126 valence electrons. The van der Waals surface area contributed by atoms with Gasteiger partial charge in [-0.15, -0.1) is 0 Å². The Hall–Kier alpha value is -2.28. The summed E-state index contributed by atoms with van der Waals surface area (Å²) in [6.45, 7) is 1.99. The zero-order chi connectivity index (χ0) is 16.5. The monoisotopic (exact) mass is 321 g/mol. The van der Waals surface area contributed by atoms with E-state index in [1.807, 2.05) is 0 Å². The van der Waals surface area contributed by atoms with Crippen molar-refractivity contribution in [3.63, 3.8) is 0 Å². The van der Waals surface area contributed by atoms with Crippen LogP contribution in [0.3, 0.4) is 0 Å². The molecule has 1 aliphatic heterocycles. The molecule has 2 rings (SSSR count). The maximum Gasteiger partial charge on any atom is 0.314 e. The van der Waals surface area contributed by atoms with Gasteiger partial charge >= 0.3 is 6.03 Å². The van der Waals surface area contributed by atoms with E-state index in [-0.39, 0.29) is 18.0 Å². The number of amides is 3. The van der Waals surface area contributed by atoms with Gasteiger partial charge in [0.1, 0.15) is 5.75 Å². The van der Waals surface area contributed by atoms with Crippen molar-refractivity contribution < 1.29 is 19.1 Å². The van der Waals surface area contributed by atoms with Crippen LogP contribution < -0.4 is 20.7 Å². The minimum absolute atomic E-state index is 0.119. The van der Waals surface area contributed by atoms with Crippen molar-refractivity contribution in [2.75, 3.05) is 33.4 Å². The molecule has 1 heterocycles. The van der Waals surface area contributed by atoms with Gasteiger partial charge in [0.15, 0.2) is 0 Å². The predicted octanol–water partition coefficient (Wildman–Crippen LogP) is 0.903. The molecule has 3 N–H and O–H groups in total. The van der Waals surface area contributed by atoms with Gasteiger partial charge in [-0.2, -0.15) is 0 Å². The van der Waals surface area contributed by atoms with Crippen molar-refractivity contribution >= 4 is 11.9 Å². The lowest BCUT2D eigenvalue weighted by Gasteiger charge is -2.12. The standard InChI is InChI=1S/C16H23N3O4/c1-22-13-5-2-4-12(10-13)15(20)17-7-8-18-16(21)19-11-14-6-3-9-23-14/h2,4-5,10,14H,3,6-9,11H2,1H3,(H,17,20)(H2,18,19,21)/t14-/m0/s1. The van der Waals surface area contributed by atoms with Gasteiger partial charge in [-0.25, -0.2) is 4.79 Å². The quantitative estimate of drug-likeness (QED) is 0.651. The first-order chi connectivity index (χ1) is 11.2. The molecule has 1 atom stereocenters. The van der Waals surface area contributed by atoms with Gasteiger partial charge in [0.25, 0.3) is 5.91 Å². The molecule has 0 aromatic heterocycles. The van der Waals surface area contributed by atoms with Crippen molar-refractivity contribution in [1.82, 2.24) is 16.0 Å². The molecule has 1 saturated heterocycles. The average molecular weight is 321 g/mol. The Morgan fingerprint density at radius 1 is 1.26 bits per heavy atom. The van der Waals surface area contributed by atoms with Gasteiger partial charge in [0, 0.05) is 31.8 Å². The molecule has 23 heavy (non-hydrogen) atoms. The molecule has 0 unspecified atom stereocenters. The summed E-state index contributed by atoms with van der Waals surface area (Å²) >= 11 is 0. The summed E-state index contributed by atoms with van der Waals surface area (Å²) in [6, 6.07) is 6.65. The number of carbonyl (C=O) groups is 2. The third-order valence-electron chi connectivity index (χ3n) is 3.54. The summed E-state index contributed by atoms with van der Waals surface area (Å²) in [5, 5.41) is 8.19. The fraction of sp³-hybridized carbons (Fsp3) is 0.500. The molecule has 0 saturated carbocycles. The van der Waals surface area contributed by atoms with Crippen molar-refractivity contribution in [3.05, 3.63) is 29.8 Å². The number of urea groups is 1. The maximum absolute atomic E-state index is 11.9. The van der Waals surface area contributed by atoms with Crippen molar-refractivity contribution in [2.24, 2.45) is 0 Å². The summed E-state index contributed by atoms with van der Waals surface area (Å²) in [5.41, 5.74) is 0.521. The molecule has 3 amide bonds. The van der Waals surface area contributed by atoms with Crippen LogP contribution in [-0.2, 0) is 4.74 Å². The highest BCUT2D eigenvalue weighted by Gasteiger charge is 2.15.